The molecule has 0 atom stereocenters. The van der Waals surface area contributed by atoms with E-state index >= 15 is 0 Å². The van der Waals surface area contributed by atoms with E-state index in [1.165, 1.54) is 16.7 Å². The van der Waals surface area contributed by atoms with E-state index in [-0.39, 0.29) is 0 Å². The zero-order valence-corrected chi connectivity index (χ0v) is 11.4. The Morgan fingerprint density at radius 3 is 2.47 bits per heavy atom. The highest BCUT2D eigenvalue weighted by molar-refractivity contribution is 5.65. The van der Waals surface area contributed by atoms with Crippen LogP contribution in [0.25, 0.3) is 11.1 Å². The van der Waals surface area contributed by atoms with Crippen LogP contribution in [0.1, 0.15) is 18.9 Å². The molecule has 0 unspecified atom stereocenters. The molecule has 2 heteroatoms. The van der Waals surface area contributed by atoms with Crippen molar-refractivity contribution < 1.29 is 4.74 Å². The summed E-state index contributed by atoms with van der Waals surface area (Å²) in [5, 5.41) is 0. The summed E-state index contributed by atoms with van der Waals surface area (Å²) in [4.78, 5) is 0. The number of nitrogens with two attached hydrogens (primary N) is 1. The van der Waals surface area contributed by atoms with Crippen LogP contribution in [-0.4, -0.2) is 13.2 Å². The van der Waals surface area contributed by atoms with Crippen molar-refractivity contribution in [3.8, 4) is 16.9 Å². The lowest BCUT2D eigenvalue weighted by Gasteiger charge is -2.12. The molecule has 0 aromatic heterocycles. The maximum absolute atomic E-state index is 5.68. The van der Waals surface area contributed by atoms with Crippen LogP contribution in [0.4, 0.5) is 0 Å². The number of ether oxygens (including phenoxy) is 1. The zero-order chi connectivity index (χ0) is 13.5. The molecule has 0 radical (unpaired) electrons. The van der Waals surface area contributed by atoms with Gasteiger partial charge in [0.1, 0.15) is 5.75 Å². The van der Waals surface area contributed by atoms with Crippen LogP contribution in [0.5, 0.6) is 5.75 Å². The lowest BCUT2D eigenvalue weighted by Crippen LogP contribution is -2.03. The molecule has 0 saturated heterocycles. The van der Waals surface area contributed by atoms with Gasteiger partial charge in [-0.05, 0) is 55.1 Å². The largest absolute Gasteiger partial charge is 0.494 e. The second kappa shape index (κ2) is 6.95. The Labute approximate surface area is 115 Å². The van der Waals surface area contributed by atoms with Gasteiger partial charge in [-0.25, -0.2) is 0 Å². The van der Waals surface area contributed by atoms with Gasteiger partial charge < -0.3 is 10.5 Å². The zero-order valence-electron chi connectivity index (χ0n) is 11.4. The molecular formula is C17H21NO. The highest BCUT2D eigenvalue weighted by Crippen LogP contribution is 2.27. The van der Waals surface area contributed by atoms with Crippen molar-refractivity contribution in [3.05, 3.63) is 54.1 Å². The van der Waals surface area contributed by atoms with E-state index in [0.717, 1.165) is 18.6 Å². The molecule has 2 aromatic rings. The molecule has 0 aliphatic carbocycles. The van der Waals surface area contributed by atoms with E-state index in [0.29, 0.717) is 13.2 Å². The van der Waals surface area contributed by atoms with E-state index < -0.39 is 0 Å². The summed E-state index contributed by atoms with van der Waals surface area (Å²) in [5.74, 6) is 0.982. The molecule has 0 bridgehead atoms. The van der Waals surface area contributed by atoms with Gasteiger partial charge in [-0.3, -0.25) is 0 Å². The van der Waals surface area contributed by atoms with Crippen LogP contribution in [0.15, 0.2) is 48.5 Å². The highest BCUT2D eigenvalue weighted by Gasteiger charge is 2.06. The van der Waals surface area contributed by atoms with Gasteiger partial charge >= 0.3 is 0 Å². The normalized spacial score (nSPS) is 10.4. The van der Waals surface area contributed by atoms with Crippen molar-refractivity contribution in [2.24, 2.45) is 5.73 Å². The molecule has 0 amide bonds. The first-order valence-corrected chi connectivity index (χ1v) is 6.86. The van der Waals surface area contributed by atoms with Crippen molar-refractivity contribution in [2.45, 2.75) is 19.8 Å². The van der Waals surface area contributed by atoms with Gasteiger partial charge in [-0.15, -0.1) is 0 Å². The van der Waals surface area contributed by atoms with Crippen LogP contribution in [0.3, 0.4) is 0 Å². The van der Waals surface area contributed by atoms with Crippen molar-refractivity contribution in [2.75, 3.05) is 13.2 Å². The molecule has 100 valence electrons. The Morgan fingerprint density at radius 2 is 1.79 bits per heavy atom. The third-order valence-electron chi connectivity index (χ3n) is 3.12. The lowest BCUT2D eigenvalue weighted by molar-refractivity contribution is 0.336. The molecule has 2 N–H and O–H groups in total. The molecule has 2 rings (SSSR count). The van der Waals surface area contributed by atoms with E-state index in [2.05, 4.69) is 42.5 Å². The summed E-state index contributed by atoms with van der Waals surface area (Å²) in [6.07, 6.45) is 1.95. The summed E-state index contributed by atoms with van der Waals surface area (Å²) in [5.41, 5.74) is 9.32. The predicted octanol–water partition coefficient (Wildman–Crippen LogP) is 3.64. The topological polar surface area (TPSA) is 35.2 Å². The maximum Gasteiger partial charge on any atom is 0.122 e. The summed E-state index contributed by atoms with van der Waals surface area (Å²) in [7, 11) is 0. The van der Waals surface area contributed by atoms with E-state index in [4.69, 9.17) is 10.5 Å². The monoisotopic (exact) mass is 255 g/mol. The molecule has 0 saturated carbocycles. The van der Waals surface area contributed by atoms with Crippen LogP contribution < -0.4 is 10.5 Å². The van der Waals surface area contributed by atoms with Crippen molar-refractivity contribution in [3.63, 3.8) is 0 Å². The van der Waals surface area contributed by atoms with Gasteiger partial charge in [0.2, 0.25) is 0 Å². The average molecular weight is 255 g/mol. The highest BCUT2D eigenvalue weighted by atomic mass is 16.5. The van der Waals surface area contributed by atoms with Crippen LogP contribution in [-0.2, 0) is 6.42 Å². The lowest BCUT2D eigenvalue weighted by atomic mass is 10.00. The number of hydrogen-bond donors (Lipinski definition) is 1. The standard InChI is InChI=1S/C17H21NO/c1-2-19-17-11-10-15(13-16(17)9-6-12-18)14-7-4-3-5-8-14/h3-5,7-8,10-11,13H,2,6,9,12,18H2,1H3. The average Bonchev–Trinajstić information content (AvgIpc) is 2.47. The minimum atomic E-state index is 0.695. The van der Waals surface area contributed by atoms with Gasteiger partial charge in [0.15, 0.2) is 0 Å². The van der Waals surface area contributed by atoms with Crippen LogP contribution in [0.2, 0.25) is 0 Å². The van der Waals surface area contributed by atoms with Gasteiger partial charge in [0, 0.05) is 0 Å². The Bertz CT molecular complexity index is 508. The third-order valence-corrected chi connectivity index (χ3v) is 3.12. The SMILES string of the molecule is CCOc1ccc(-c2ccccc2)cc1CCCN. The Kier molecular flexibility index (Phi) is 4.99. The van der Waals surface area contributed by atoms with Crippen molar-refractivity contribution in [1.82, 2.24) is 0 Å². The first kappa shape index (κ1) is 13.6. The summed E-state index contributed by atoms with van der Waals surface area (Å²) < 4.78 is 5.68. The van der Waals surface area contributed by atoms with Gasteiger partial charge in [0.25, 0.3) is 0 Å². The van der Waals surface area contributed by atoms with Crippen molar-refractivity contribution in [1.29, 1.82) is 0 Å². The Hall–Kier alpha value is -1.80. The Balaban J connectivity index is 2.31. The summed E-state index contributed by atoms with van der Waals surface area (Å²) in [6, 6.07) is 16.8. The molecule has 0 fully saturated rings. The first-order valence-electron chi connectivity index (χ1n) is 6.86. The summed E-state index contributed by atoms with van der Waals surface area (Å²) >= 11 is 0. The van der Waals surface area contributed by atoms with Crippen molar-refractivity contribution >= 4 is 0 Å². The number of hydrogen-bond acceptors (Lipinski definition) is 2. The van der Waals surface area contributed by atoms with Crippen LogP contribution >= 0.6 is 0 Å². The van der Waals surface area contributed by atoms with Crippen LogP contribution in [0, 0.1) is 0 Å². The van der Waals surface area contributed by atoms with E-state index in [1.807, 2.05) is 13.0 Å². The minimum Gasteiger partial charge on any atom is -0.494 e. The fourth-order valence-corrected chi connectivity index (χ4v) is 2.17. The Morgan fingerprint density at radius 1 is 1.00 bits per heavy atom. The fraction of sp³-hybridized carbons (Fsp3) is 0.294. The molecule has 19 heavy (non-hydrogen) atoms. The molecule has 0 aliphatic rings. The third kappa shape index (κ3) is 3.58. The van der Waals surface area contributed by atoms with E-state index in [9.17, 15) is 0 Å². The predicted molar refractivity (Wildman–Crippen MR) is 80.4 cm³/mol. The van der Waals surface area contributed by atoms with Gasteiger partial charge in [0.05, 0.1) is 6.61 Å². The molecular weight excluding hydrogens is 234 g/mol. The number of aryl methyl sites for hydroxylation is 1. The van der Waals surface area contributed by atoms with Gasteiger partial charge in [-0.2, -0.15) is 0 Å². The number of rotatable bonds is 6. The molecule has 2 aromatic carbocycles. The van der Waals surface area contributed by atoms with Gasteiger partial charge in [-0.1, -0.05) is 36.4 Å². The summed E-state index contributed by atoms with van der Waals surface area (Å²) in [6.45, 7) is 3.42. The maximum atomic E-state index is 5.68. The fourth-order valence-electron chi connectivity index (χ4n) is 2.17. The number of benzene rings is 2. The second-order valence-corrected chi connectivity index (χ2v) is 4.51. The molecule has 0 spiro atoms. The quantitative estimate of drug-likeness (QED) is 0.855. The molecule has 0 aliphatic heterocycles. The molecule has 2 nitrogen and oxygen atoms in total. The minimum absolute atomic E-state index is 0.695. The first-order chi connectivity index (χ1) is 9.35. The second-order valence-electron chi connectivity index (χ2n) is 4.51. The smallest absolute Gasteiger partial charge is 0.122 e. The van der Waals surface area contributed by atoms with E-state index in [1.54, 1.807) is 0 Å². The molecule has 0 heterocycles.